The SMILES string of the molecule is COc1ccc(Cl)cc1S(=O)(=O)NCCCn1ccnc1. The molecule has 0 spiro atoms. The average molecular weight is 330 g/mol. The number of ether oxygens (including phenoxy) is 1. The minimum atomic E-state index is -3.65. The third-order valence-electron chi connectivity index (χ3n) is 2.86. The molecule has 6 nitrogen and oxygen atoms in total. The van der Waals surface area contributed by atoms with Gasteiger partial charge in [0.05, 0.1) is 13.4 Å². The predicted octanol–water partition coefficient (Wildman–Crippen LogP) is 1.91. The van der Waals surface area contributed by atoms with Crippen LogP contribution in [0.2, 0.25) is 5.02 Å². The number of rotatable bonds is 7. The molecule has 0 amide bonds. The molecule has 114 valence electrons. The Bertz CT molecular complexity index is 687. The molecular weight excluding hydrogens is 314 g/mol. The molecule has 8 heteroatoms. The Morgan fingerprint density at radius 1 is 1.43 bits per heavy atom. The van der Waals surface area contributed by atoms with Gasteiger partial charge in [-0.2, -0.15) is 0 Å². The number of hydrogen-bond donors (Lipinski definition) is 1. The van der Waals surface area contributed by atoms with Gasteiger partial charge in [-0.3, -0.25) is 0 Å². The van der Waals surface area contributed by atoms with Crippen LogP contribution >= 0.6 is 11.6 Å². The molecule has 1 aromatic heterocycles. The number of benzene rings is 1. The second-order valence-corrected chi connectivity index (χ2v) is 6.52. The molecule has 0 saturated heterocycles. The van der Waals surface area contributed by atoms with Crippen LogP contribution in [0.15, 0.2) is 41.8 Å². The van der Waals surface area contributed by atoms with Crippen LogP contribution in [0.3, 0.4) is 0 Å². The number of aromatic nitrogens is 2. The Morgan fingerprint density at radius 2 is 2.24 bits per heavy atom. The summed E-state index contributed by atoms with van der Waals surface area (Å²) in [6.45, 7) is 1.01. The van der Waals surface area contributed by atoms with E-state index in [1.807, 2.05) is 10.8 Å². The Hall–Kier alpha value is -1.57. The van der Waals surface area contributed by atoms with Gasteiger partial charge in [-0.15, -0.1) is 0 Å². The number of nitrogens with one attached hydrogen (secondary N) is 1. The van der Waals surface area contributed by atoms with Gasteiger partial charge in [-0.25, -0.2) is 18.1 Å². The monoisotopic (exact) mass is 329 g/mol. The number of nitrogens with zero attached hydrogens (tertiary/aromatic N) is 2. The standard InChI is InChI=1S/C13H16ClN3O3S/c1-20-12-4-3-11(14)9-13(12)21(18,19)16-5-2-7-17-8-6-15-10-17/h3-4,6,8-10,16H,2,5,7H2,1H3. The molecule has 0 atom stereocenters. The van der Waals surface area contributed by atoms with E-state index in [1.165, 1.54) is 19.2 Å². The molecule has 1 N–H and O–H groups in total. The topological polar surface area (TPSA) is 73.2 Å². The van der Waals surface area contributed by atoms with Crippen LogP contribution in [-0.2, 0) is 16.6 Å². The van der Waals surface area contributed by atoms with E-state index in [4.69, 9.17) is 16.3 Å². The van der Waals surface area contributed by atoms with Crippen LogP contribution in [0.5, 0.6) is 5.75 Å². The van der Waals surface area contributed by atoms with Gasteiger partial charge in [0.1, 0.15) is 10.6 Å². The zero-order valence-electron chi connectivity index (χ0n) is 11.5. The highest BCUT2D eigenvalue weighted by Crippen LogP contribution is 2.26. The molecule has 0 aliphatic rings. The summed E-state index contributed by atoms with van der Waals surface area (Å²) in [7, 11) is -2.23. The van der Waals surface area contributed by atoms with Gasteiger partial charge in [0.2, 0.25) is 10.0 Å². The van der Waals surface area contributed by atoms with Crippen molar-refractivity contribution in [2.75, 3.05) is 13.7 Å². The molecule has 0 fully saturated rings. The van der Waals surface area contributed by atoms with Gasteiger partial charge >= 0.3 is 0 Å². The van der Waals surface area contributed by atoms with Gasteiger partial charge < -0.3 is 9.30 Å². The maximum absolute atomic E-state index is 12.3. The summed E-state index contributed by atoms with van der Waals surface area (Å²) in [5.41, 5.74) is 0. The quantitative estimate of drug-likeness (QED) is 0.788. The van der Waals surface area contributed by atoms with Crippen LogP contribution in [0.25, 0.3) is 0 Å². The number of sulfonamides is 1. The Kier molecular flexibility index (Phi) is 5.22. The van der Waals surface area contributed by atoms with Crippen molar-refractivity contribution in [1.82, 2.24) is 14.3 Å². The van der Waals surface area contributed by atoms with E-state index >= 15 is 0 Å². The second-order valence-electron chi connectivity index (χ2n) is 4.35. The summed E-state index contributed by atoms with van der Waals surface area (Å²) >= 11 is 5.85. The smallest absolute Gasteiger partial charge is 0.244 e. The lowest BCUT2D eigenvalue weighted by atomic mass is 10.3. The summed E-state index contributed by atoms with van der Waals surface area (Å²) in [5.74, 6) is 0.265. The molecule has 0 unspecified atom stereocenters. The zero-order chi connectivity index (χ0) is 15.3. The van der Waals surface area contributed by atoms with Crippen molar-refractivity contribution in [3.05, 3.63) is 41.9 Å². The molecule has 2 rings (SSSR count). The summed E-state index contributed by atoms with van der Waals surface area (Å²) in [6, 6.07) is 4.49. The van der Waals surface area contributed by atoms with Crippen LogP contribution in [0.4, 0.5) is 0 Å². The highest BCUT2D eigenvalue weighted by Gasteiger charge is 2.19. The maximum Gasteiger partial charge on any atom is 0.244 e. The third kappa shape index (κ3) is 4.20. The molecule has 0 aliphatic carbocycles. The third-order valence-corrected chi connectivity index (χ3v) is 4.58. The van der Waals surface area contributed by atoms with Crippen LogP contribution in [0, 0.1) is 0 Å². The molecule has 21 heavy (non-hydrogen) atoms. The van der Waals surface area contributed by atoms with Crippen molar-refractivity contribution in [3.8, 4) is 5.75 Å². The average Bonchev–Trinajstić information content (AvgIpc) is 2.97. The van der Waals surface area contributed by atoms with Gasteiger partial charge in [-0.1, -0.05) is 11.6 Å². The molecule has 2 aromatic rings. The van der Waals surface area contributed by atoms with E-state index in [0.29, 0.717) is 24.5 Å². The van der Waals surface area contributed by atoms with Gasteiger partial charge in [-0.05, 0) is 24.6 Å². The first kappa shape index (κ1) is 15.8. The summed E-state index contributed by atoms with van der Waals surface area (Å²) in [5, 5.41) is 0.342. The van der Waals surface area contributed by atoms with Gasteiger partial charge in [0.25, 0.3) is 0 Å². The summed E-state index contributed by atoms with van der Waals surface area (Å²) in [4.78, 5) is 3.96. The fraction of sp³-hybridized carbons (Fsp3) is 0.308. The Morgan fingerprint density at radius 3 is 2.90 bits per heavy atom. The minimum absolute atomic E-state index is 0.0418. The van der Waals surface area contributed by atoms with Gasteiger partial charge in [0, 0.05) is 30.5 Å². The highest BCUT2D eigenvalue weighted by atomic mass is 35.5. The van der Waals surface area contributed by atoms with E-state index in [0.717, 1.165) is 0 Å². The van der Waals surface area contributed by atoms with Crippen LogP contribution in [-0.4, -0.2) is 31.6 Å². The predicted molar refractivity (Wildman–Crippen MR) is 80.0 cm³/mol. The Labute approximate surface area is 128 Å². The fourth-order valence-electron chi connectivity index (χ4n) is 1.83. The lowest BCUT2D eigenvalue weighted by Gasteiger charge is -2.11. The van der Waals surface area contributed by atoms with E-state index < -0.39 is 10.0 Å². The zero-order valence-corrected chi connectivity index (χ0v) is 13.1. The molecule has 1 heterocycles. The first-order valence-corrected chi connectivity index (χ1v) is 8.18. The summed E-state index contributed by atoms with van der Waals surface area (Å²) < 4.78 is 34.0. The first-order chi connectivity index (χ1) is 10.0. The molecular formula is C13H16ClN3O3S. The normalized spacial score (nSPS) is 11.5. The van der Waals surface area contributed by atoms with E-state index in [1.54, 1.807) is 18.6 Å². The van der Waals surface area contributed by atoms with Crippen LogP contribution < -0.4 is 9.46 Å². The minimum Gasteiger partial charge on any atom is -0.495 e. The van der Waals surface area contributed by atoms with Crippen molar-refractivity contribution < 1.29 is 13.2 Å². The van der Waals surface area contributed by atoms with Crippen molar-refractivity contribution in [2.24, 2.45) is 0 Å². The number of methoxy groups -OCH3 is 1. The first-order valence-electron chi connectivity index (χ1n) is 6.32. The molecule has 1 aromatic carbocycles. The fourth-order valence-corrected chi connectivity index (χ4v) is 3.33. The van der Waals surface area contributed by atoms with Crippen molar-refractivity contribution >= 4 is 21.6 Å². The molecule has 0 saturated carbocycles. The van der Waals surface area contributed by atoms with Crippen molar-refractivity contribution in [3.63, 3.8) is 0 Å². The lowest BCUT2D eigenvalue weighted by molar-refractivity contribution is 0.402. The number of hydrogen-bond acceptors (Lipinski definition) is 4. The van der Waals surface area contributed by atoms with Crippen molar-refractivity contribution in [2.45, 2.75) is 17.9 Å². The van der Waals surface area contributed by atoms with E-state index in [2.05, 4.69) is 9.71 Å². The van der Waals surface area contributed by atoms with Crippen LogP contribution in [0.1, 0.15) is 6.42 Å². The van der Waals surface area contributed by atoms with Crippen molar-refractivity contribution in [1.29, 1.82) is 0 Å². The molecule has 0 bridgehead atoms. The largest absolute Gasteiger partial charge is 0.495 e. The molecule has 0 radical (unpaired) electrons. The Balaban J connectivity index is 1.99. The maximum atomic E-state index is 12.3. The van der Waals surface area contributed by atoms with E-state index in [9.17, 15) is 8.42 Å². The van der Waals surface area contributed by atoms with Gasteiger partial charge in [0.15, 0.2) is 0 Å². The lowest BCUT2D eigenvalue weighted by Crippen LogP contribution is -2.26. The molecule has 0 aliphatic heterocycles. The highest BCUT2D eigenvalue weighted by molar-refractivity contribution is 7.89. The second kappa shape index (κ2) is 6.93. The number of imidazole rings is 1. The van der Waals surface area contributed by atoms with E-state index in [-0.39, 0.29) is 10.6 Å². The number of halogens is 1. The summed E-state index contributed by atoms with van der Waals surface area (Å²) in [6.07, 6.45) is 5.85. The number of aryl methyl sites for hydroxylation is 1.